The zero-order valence-electron chi connectivity index (χ0n) is 14.1. The fourth-order valence-electron chi connectivity index (χ4n) is 3.49. The SMILES string of the molecule is Cc1nn(C)c(N2CCCN(C)CC2)c1CNC1CCOC1. The van der Waals surface area contributed by atoms with E-state index in [0.29, 0.717) is 6.04 Å². The zero-order valence-corrected chi connectivity index (χ0v) is 14.1. The van der Waals surface area contributed by atoms with Gasteiger partial charge in [-0.1, -0.05) is 0 Å². The molecule has 0 spiro atoms. The van der Waals surface area contributed by atoms with Gasteiger partial charge in [0, 0.05) is 51.4 Å². The molecule has 1 aromatic rings. The highest BCUT2D eigenvalue weighted by Gasteiger charge is 2.23. The highest BCUT2D eigenvalue weighted by molar-refractivity contribution is 5.50. The molecule has 2 saturated heterocycles. The second-order valence-electron chi connectivity index (χ2n) is 6.60. The lowest BCUT2D eigenvalue weighted by Crippen LogP contribution is -2.33. The number of nitrogens with zero attached hydrogens (tertiary/aromatic N) is 4. The minimum atomic E-state index is 0.489. The second kappa shape index (κ2) is 6.98. The lowest BCUT2D eigenvalue weighted by atomic mass is 10.2. The highest BCUT2D eigenvalue weighted by Crippen LogP contribution is 2.24. The minimum Gasteiger partial charge on any atom is -0.380 e. The molecule has 1 unspecified atom stereocenters. The predicted octanol–water partition coefficient (Wildman–Crippen LogP) is 0.749. The van der Waals surface area contributed by atoms with Crippen molar-refractivity contribution < 1.29 is 4.74 Å². The van der Waals surface area contributed by atoms with Crippen LogP contribution in [0.4, 0.5) is 5.82 Å². The zero-order chi connectivity index (χ0) is 15.5. The van der Waals surface area contributed by atoms with Crippen LogP contribution in [-0.4, -0.2) is 67.2 Å². The molecule has 6 heteroatoms. The molecule has 0 saturated carbocycles. The van der Waals surface area contributed by atoms with Gasteiger partial charge in [0.05, 0.1) is 12.3 Å². The minimum absolute atomic E-state index is 0.489. The Morgan fingerprint density at radius 1 is 1.23 bits per heavy atom. The van der Waals surface area contributed by atoms with Crippen molar-refractivity contribution in [2.45, 2.75) is 32.4 Å². The molecule has 1 N–H and O–H groups in total. The van der Waals surface area contributed by atoms with Crippen LogP contribution in [-0.2, 0) is 18.3 Å². The average molecular weight is 307 g/mol. The van der Waals surface area contributed by atoms with Crippen LogP contribution < -0.4 is 10.2 Å². The van der Waals surface area contributed by atoms with Crippen LogP contribution in [0.15, 0.2) is 0 Å². The van der Waals surface area contributed by atoms with Crippen molar-refractivity contribution in [2.24, 2.45) is 7.05 Å². The number of hydrogen-bond donors (Lipinski definition) is 1. The normalized spacial score (nSPS) is 24.0. The first-order valence-electron chi connectivity index (χ1n) is 8.42. The third-order valence-electron chi connectivity index (χ3n) is 4.83. The van der Waals surface area contributed by atoms with E-state index < -0.39 is 0 Å². The number of anilines is 1. The summed E-state index contributed by atoms with van der Waals surface area (Å²) < 4.78 is 7.51. The van der Waals surface area contributed by atoms with Gasteiger partial charge >= 0.3 is 0 Å². The summed E-state index contributed by atoms with van der Waals surface area (Å²) in [5, 5.41) is 8.31. The maximum Gasteiger partial charge on any atom is 0.131 e. The fraction of sp³-hybridized carbons (Fsp3) is 0.812. The first kappa shape index (κ1) is 15.8. The summed E-state index contributed by atoms with van der Waals surface area (Å²) in [7, 11) is 4.28. The van der Waals surface area contributed by atoms with E-state index in [0.717, 1.165) is 51.5 Å². The van der Waals surface area contributed by atoms with Gasteiger partial charge in [0.25, 0.3) is 0 Å². The predicted molar refractivity (Wildman–Crippen MR) is 88.3 cm³/mol. The number of rotatable bonds is 4. The number of hydrogen-bond acceptors (Lipinski definition) is 5. The molecule has 0 aliphatic carbocycles. The Morgan fingerprint density at radius 2 is 2.09 bits per heavy atom. The summed E-state index contributed by atoms with van der Waals surface area (Å²) in [5.74, 6) is 1.29. The van der Waals surface area contributed by atoms with Crippen LogP contribution in [0.3, 0.4) is 0 Å². The lowest BCUT2D eigenvalue weighted by molar-refractivity contribution is 0.190. The average Bonchev–Trinajstić information content (AvgIpc) is 3.03. The summed E-state index contributed by atoms with van der Waals surface area (Å²) in [6, 6.07) is 0.489. The summed E-state index contributed by atoms with van der Waals surface area (Å²) in [6.07, 6.45) is 2.33. The van der Waals surface area contributed by atoms with Crippen molar-refractivity contribution in [1.82, 2.24) is 20.0 Å². The van der Waals surface area contributed by atoms with Crippen LogP contribution in [0.25, 0.3) is 0 Å². The lowest BCUT2D eigenvalue weighted by Gasteiger charge is -2.24. The van der Waals surface area contributed by atoms with Crippen molar-refractivity contribution in [3.8, 4) is 0 Å². The van der Waals surface area contributed by atoms with E-state index in [1.165, 1.54) is 24.3 Å². The molecule has 22 heavy (non-hydrogen) atoms. The molecular formula is C16H29N5O. The largest absolute Gasteiger partial charge is 0.380 e. The van der Waals surface area contributed by atoms with E-state index in [9.17, 15) is 0 Å². The molecule has 0 bridgehead atoms. The number of nitrogens with one attached hydrogen (secondary N) is 1. The van der Waals surface area contributed by atoms with E-state index in [1.807, 2.05) is 0 Å². The summed E-state index contributed by atoms with van der Waals surface area (Å²) in [4.78, 5) is 4.92. The molecule has 2 aliphatic rings. The number of aryl methyl sites for hydroxylation is 2. The van der Waals surface area contributed by atoms with Crippen LogP contribution in [0.2, 0.25) is 0 Å². The van der Waals surface area contributed by atoms with E-state index in [-0.39, 0.29) is 0 Å². The highest BCUT2D eigenvalue weighted by atomic mass is 16.5. The molecule has 0 radical (unpaired) electrons. The first-order valence-corrected chi connectivity index (χ1v) is 8.42. The molecule has 0 aromatic carbocycles. The van der Waals surface area contributed by atoms with Gasteiger partial charge in [0.2, 0.25) is 0 Å². The van der Waals surface area contributed by atoms with E-state index in [2.05, 4.69) is 45.9 Å². The maximum absolute atomic E-state index is 5.46. The molecule has 2 aliphatic heterocycles. The van der Waals surface area contributed by atoms with Gasteiger partial charge in [0.1, 0.15) is 5.82 Å². The van der Waals surface area contributed by atoms with E-state index in [1.54, 1.807) is 0 Å². The molecule has 3 heterocycles. The molecule has 2 fully saturated rings. The van der Waals surface area contributed by atoms with Gasteiger partial charge < -0.3 is 19.9 Å². The molecule has 6 nitrogen and oxygen atoms in total. The summed E-state index contributed by atoms with van der Waals surface area (Å²) in [5.41, 5.74) is 2.49. The molecule has 0 amide bonds. The van der Waals surface area contributed by atoms with Gasteiger partial charge in [-0.25, -0.2) is 0 Å². The molecule has 1 aromatic heterocycles. The number of ether oxygens (including phenoxy) is 1. The standard InChI is InChI=1S/C16H29N5O/c1-13-15(11-17-14-5-10-22-12-14)16(20(3)18-13)21-7-4-6-19(2)8-9-21/h14,17H,4-12H2,1-3H3. The summed E-state index contributed by atoms with van der Waals surface area (Å²) >= 11 is 0. The van der Waals surface area contributed by atoms with E-state index >= 15 is 0 Å². The van der Waals surface area contributed by atoms with Crippen LogP contribution >= 0.6 is 0 Å². The fourth-order valence-corrected chi connectivity index (χ4v) is 3.49. The molecular weight excluding hydrogens is 278 g/mol. The van der Waals surface area contributed by atoms with Crippen molar-refractivity contribution in [2.75, 3.05) is 51.3 Å². The Hall–Kier alpha value is -1.11. The van der Waals surface area contributed by atoms with Crippen LogP contribution in [0, 0.1) is 6.92 Å². The van der Waals surface area contributed by atoms with Crippen LogP contribution in [0.5, 0.6) is 0 Å². The quantitative estimate of drug-likeness (QED) is 0.889. The van der Waals surface area contributed by atoms with Gasteiger partial charge in [-0.15, -0.1) is 0 Å². The smallest absolute Gasteiger partial charge is 0.131 e. The third kappa shape index (κ3) is 3.45. The Morgan fingerprint density at radius 3 is 2.86 bits per heavy atom. The van der Waals surface area contributed by atoms with Crippen molar-refractivity contribution >= 4 is 5.82 Å². The molecule has 124 valence electrons. The van der Waals surface area contributed by atoms with Crippen LogP contribution in [0.1, 0.15) is 24.1 Å². The number of aromatic nitrogens is 2. The first-order chi connectivity index (χ1) is 10.6. The van der Waals surface area contributed by atoms with Crippen molar-refractivity contribution in [3.05, 3.63) is 11.3 Å². The van der Waals surface area contributed by atoms with Crippen molar-refractivity contribution in [3.63, 3.8) is 0 Å². The second-order valence-corrected chi connectivity index (χ2v) is 6.60. The maximum atomic E-state index is 5.46. The Kier molecular flexibility index (Phi) is 5.00. The van der Waals surface area contributed by atoms with Gasteiger partial charge in [-0.05, 0) is 33.4 Å². The topological polar surface area (TPSA) is 45.6 Å². The van der Waals surface area contributed by atoms with Gasteiger partial charge in [0.15, 0.2) is 0 Å². The Labute approximate surface area is 133 Å². The monoisotopic (exact) mass is 307 g/mol. The third-order valence-corrected chi connectivity index (χ3v) is 4.83. The number of likely N-dealkylation sites (N-methyl/N-ethyl adjacent to an activating group) is 1. The molecule has 1 atom stereocenters. The summed E-state index contributed by atoms with van der Waals surface area (Å²) in [6.45, 7) is 9.22. The van der Waals surface area contributed by atoms with E-state index in [4.69, 9.17) is 4.74 Å². The Bertz CT molecular complexity index is 495. The van der Waals surface area contributed by atoms with Crippen molar-refractivity contribution in [1.29, 1.82) is 0 Å². The van der Waals surface area contributed by atoms with Gasteiger partial charge in [-0.2, -0.15) is 5.10 Å². The van der Waals surface area contributed by atoms with Gasteiger partial charge in [-0.3, -0.25) is 4.68 Å². The molecule has 3 rings (SSSR count). The Balaban J connectivity index is 1.74.